The van der Waals surface area contributed by atoms with Crippen LogP contribution >= 0.6 is 23.2 Å². The first-order valence-corrected chi connectivity index (χ1v) is 6.58. The fourth-order valence-electron chi connectivity index (χ4n) is 1.98. The summed E-state index contributed by atoms with van der Waals surface area (Å²) in [7, 11) is 0. The molecule has 2 N–H and O–H groups in total. The molecule has 0 amide bonds. The lowest BCUT2D eigenvalue weighted by Crippen LogP contribution is -2.14. The smallest absolute Gasteiger partial charge is 0.0483 e. The lowest BCUT2D eigenvalue weighted by molar-refractivity contribution is 0.721. The highest BCUT2D eigenvalue weighted by molar-refractivity contribution is 6.32. The average Bonchev–Trinajstić information content (AvgIpc) is 2.32. The van der Waals surface area contributed by atoms with Crippen LogP contribution < -0.4 is 5.73 Å². The van der Waals surface area contributed by atoms with E-state index in [2.05, 4.69) is 0 Å². The second-order valence-corrected chi connectivity index (χ2v) is 5.23. The summed E-state index contributed by atoms with van der Waals surface area (Å²) in [5.41, 5.74) is 9.37. The Hall–Kier alpha value is -1.02. The third-order valence-corrected chi connectivity index (χ3v) is 3.72. The van der Waals surface area contributed by atoms with Gasteiger partial charge in [-0.15, -0.1) is 0 Å². The van der Waals surface area contributed by atoms with Crippen LogP contribution in [0.4, 0.5) is 0 Å². The minimum atomic E-state index is -0.115. The first-order chi connectivity index (χ1) is 8.58. The highest BCUT2D eigenvalue weighted by Gasteiger charge is 2.12. The maximum atomic E-state index is 6.28. The molecule has 0 saturated carbocycles. The molecule has 0 aliphatic carbocycles. The van der Waals surface area contributed by atoms with Crippen LogP contribution in [-0.4, -0.2) is 0 Å². The minimum Gasteiger partial charge on any atom is -0.324 e. The van der Waals surface area contributed by atoms with Crippen molar-refractivity contribution in [2.45, 2.75) is 19.4 Å². The molecule has 0 aliphatic rings. The molecule has 0 spiro atoms. The van der Waals surface area contributed by atoms with Gasteiger partial charge in [0.15, 0.2) is 0 Å². The lowest BCUT2D eigenvalue weighted by atomic mass is 9.98. The zero-order chi connectivity index (χ0) is 13.1. The Bertz CT molecular complexity index is 552. The number of hydrogen-bond acceptors (Lipinski definition) is 1. The van der Waals surface area contributed by atoms with Gasteiger partial charge in [0.25, 0.3) is 0 Å². The molecule has 1 unspecified atom stereocenters. The fourth-order valence-corrected chi connectivity index (χ4v) is 2.46. The number of rotatable bonds is 3. The van der Waals surface area contributed by atoms with E-state index in [1.54, 1.807) is 0 Å². The molecule has 0 aromatic heterocycles. The molecule has 2 aromatic carbocycles. The van der Waals surface area contributed by atoms with Crippen LogP contribution in [0.1, 0.15) is 22.7 Å². The Labute approximate surface area is 118 Å². The summed E-state index contributed by atoms with van der Waals surface area (Å²) in [6.07, 6.45) is 0.726. The van der Waals surface area contributed by atoms with Crippen molar-refractivity contribution in [2.24, 2.45) is 5.73 Å². The van der Waals surface area contributed by atoms with Crippen molar-refractivity contribution in [2.75, 3.05) is 0 Å². The van der Waals surface area contributed by atoms with E-state index in [0.29, 0.717) is 0 Å². The fraction of sp³-hybridized carbons (Fsp3) is 0.200. The van der Waals surface area contributed by atoms with Gasteiger partial charge in [0, 0.05) is 16.1 Å². The predicted octanol–water partition coefficient (Wildman–Crippen LogP) is 4.54. The SMILES string of the molecule is Cc1cccc(C(N)Cc2cccc(Cl)c2)c1Cl. The monoisotopic (exact) mass is 279 g/mol. The molecule has 0 radical (unpaired) electrons. The Balaban J connectivity index is 2.22. The topological polar surface area (TPSA) is 26.0 Å². The van der Waals surface area contributed by atoms with Crippen LogP contribution in [0.3, 0.4) is 0 Å². The molecule has 2 rings (SSSR count). The van der Waals surface area contributed by atoms with Gasteiger partial charge in [-0.05, 0) is 42.2 Å². The number of hydrogen-bond donors (Lipinski definition) is 1. The summed E-state index contributed by atoms with van der Waals surface area (Å²) >= 11 is 12.2. The zero-order valence-corrected chi connectivity index (χ0v) is 11.7. The van der Waals surface area contributed by atoms with E-state index < -0.39 is 0 Å². The molecular formula is C15H15Cl2N. The lowest BCUT2D eigenvalue weighted by Gasteiger charge is -2.15. The molecule has 1 nitrogen and oxygen atoms in total. The summed E-state index contributed by atoms with van der Waals surface area (Å²) < 4.78 is 0. The largest absolute Gasteiger partial charge is 0.324 e. The summed E-state index contributed by atoms with van der Waals surface area (Å²) in [6, 6.07) is 13.6. The highest BCUT2D eigenvalue weighted by Crippen LogP contribution is 2.27. The number of aryl methyl sites for hydroxylation is 1. The van der Waals surface area contributed by atoms with Crippen LogP contribution in [0.15, 0.2) is 42.5 Å². The molecule has 0 aliphatic heterocycles. The molecular weight excluding hydrogens is 265 g/mol. The minimum absolute atomic E-state index is 0.115. The first-order valence-electron chi connectivity index (χ1n) is 5.83. The van der Waals surface area contributed by atoms with Crippen LogP contribution in [0, 0.1) is 6.92 Å². The van der Waals surface area contributed by atoms with Crippen LogP contribution in [0.5, 0.6) is 0 Å². The van der Waals surface area contributed by atoms with E-state index in [-0.39, 0.29) is 6.04 Å². The van der Waals surface area contributed by atoms with Crippen LogP contribution in [0.25, 0.3) is 0 Å². The quantitative estimate of drug-likeness (QED) is 0.877. The first kappa shape index (κ1) is 13.4. The van der Waals surface area contributed by atoms with Crippen molar-refractivity contribution in [1.29, 1.82) is 0 Å². The molecule has 94 valence electrons. The van der Waals surface area contributed by atoms with E-state index in [1.165, 1.54) is 0 Å². The van der Waals surface area contributed by atoms with Crippen molar-refractivity contribution < 1.29 is 0 Å². The maximum Gasteiger partial charge on any atom is 0.0483 e. The van der Waals surface area contributed by atoms with Gasteiger partial charge < -0.3 is 5.73 Å². The molecule has 1 atom stereocenters. The van der Waals surface area contributed by atoms with E-state index in [0.717, 1.165) is 33.2 Å². The van der Waals surface area contributed by atoms with Crippen LogP contribution in [-0.2, 0) is 6.42 Å². The molecule has 18 heavy (non-hydrogen) atoms. The van der Waals surface area contributed by atoms with Crippen molar-refractivity contribution in [3.63, 3.8) is 0 Å². The van der Waals surface area contributed by atoms with Gasteiger partial charge in [0.1, 0.15) is 0 Å². The zero-order valence-electron chi connectivity index (χ0n) is 10.2. The van der Waals surface area contributed by atoms with Crippen molar-refractivity contribution >= 4 is 23.2 Å². The summed E-state index contributed by atoms with van der Waals surface area (Å²) in [5.74, 6) is 0. The van der Waals surface area contributed by atoms with E-state index >= 15 is 0 Å². The Kier molecular flexibility index (Phi) is 4.28. The van der Waals surface area contributed by atoms with E-state index in [4.69, 9.17) is 28.9 Å². The van der Waals surface area contributed by atoms with Gasteiger partial charge in [0.2, 0.25) is 0 Å². The molecule has 0 bridgehead atoms. The molecule has 0 fully saturated rings. The van der Waals surface area contributed by atoms with E-state index in [9.17, 15) is 0 Å². The molecule has 0 heterocycles. The number of benzene rings is 2. The van der Waals surface area contributed by atoms with E-state index in [1.807, 2.05) is 49.4 Å². The van der Waals surface area contributed by atoms with Gasteiger partial charge >= 0.3 is 0 Å². The summed E-state index contributed by atoms with van der Waals surface area (Å²) in [5, 5.41) is 1.49. The Morgan fingerprint density at radius 3 is 2.56 bits per heavy atom. The molecule has 2 aromatic rings. The second-order valence-electron chi connectivity index (χ2n) is 4.42. The van der Waals surface area contributed by atoms with Crippen molar-refractivity contribution in [3.05, 3.63) is 69.2 Å². The standard InChI is InChI=1S/C15H15Cl2N/c1-10-4-2-7-13(15(10)17)14(18)9-11-5-3-6-12(16)8-11/h2-8,14H,9,18H2,1H3. The molecule has 0 saturated heterocycles. The van der Waals surface area contributed by atoms with Crippen molar-refractivity contribution in [1.82, 2.24) is 0 Å². The number of nitrogens with two attached hydrogens (primary N) is 1. The average molecular weight is 280 g/mol. The third kappa shape index (κ3) is 3.05. The van der Waals surface area contributed by atoms with Gasteiger partial charge in [0.05, 0.1) is 0 Å². The maximum absolute atomic E-state index is 6.28. The molecule has 3 heteroatoms. The van der Waals surface area contributed by atoms with Gasteiger partial charge in [-0.25, -0.2) is 0 Å². The van der Waals surface area contributed by atoms with Crippen molar-refractivity contribution in [3.8, 4) is 0 Å². The number of halogens is 2. The Morgan fingerprint density at radius 1 is 1.11 bits per heavy atom. The third-order valence-electron chi connectivity index (χ3n) is 2.97. The predicted molar refractivity (Wildman–Crippen MR) is 78.3 cm³/mol. The van der Waals surface area contributed by atoms with Gasteiger partial charge in [-0.2, -0.15) is 0 Å². The normalized spacial score (nSPS) is 12.4. The van der Waals surface area contributed by atoms with Gasteiger partial charge in [-0.1, -0.05) is 53.5 Å². The highest BCUT2D eigenvalue weighted by atomic mass is 35.5. The van der Waals surface area contributed by atoms with Gasteiger partial charge in [-0.3, -0.25) is 0 Å². The Morgan fingerprint density at radius 2 is 1.83 bits per heavy atom. The second kappa shape index (κ2) is 5.75. The summed E-state index contributed by atoms with van der Waals surface area (Å²) in [6.45, 7) is 1.98. The van der Waals surface area contributed by atoms with Crippen LogP contribution in [0.2, 0.25) is 10.0 Å². The summed E-state index contributed by atoms with van der Waals surface area (Å²) in [4.78, 5) is 0.